The molecule has 0 aliphatic heterocycles. The molecule has 7 heteroatoms. The second-order valence-corrected chi connectivity index (χ2v) is 6.52. The molecule has 0 aromatic heterocycles. The van der Waals surface area contributed by atoms with Gasteiger partial charge < -0.3 is 5.32 Å². The number of carbonyl (C=O) groups is 1. The minimum atomic E-state index is -3.38. The summed E-state index contributed by atoms with van der Waals surface area (Å²) in [6.07, 6.45) is 5.71. The van der Waals surface area contributed by atoms with Crippen molar-refractivity contribution in [2.75, 3.05) is 16.5 Å². The molecule has 1 amide bonds. The first-order chi connectivity index (χ1) is 9.84. The van der Waals surface area contributed by atoms with Gasteiger partial charge in [0.05, 0.1) is 0 Å². The van der Waals surface area contributed by atoms with Crippen molar-refractivity contribution in [1.82, 2.24) is 0 Å². The normalized spacial score (nSPS) is 11.6. The van der Waals surface area contributed by atoms with Crippen LogP contribution in [0.3, 0.4) is 0 Å². The molecule has 5 N–H and O–H groups in total. The van der Waals surface area contributed by atoms with E-state index < -0.39 is 7.59 Å². The highest BCUT2D eigenvalue weighted by Gasteiger charge is 2.20. The molecule has 0 unspecified atom stereocenters. The fourth-order valence-corrected chi connectivity index (χ4v) is 2.79. The first kappa shape index (κ1) is 17.4. The average Bonchev–Trinajstić information content (AvgIpc) is 2.38. The van der Waals surface area contributed by atoms with E-state index in [1.807, 2.05) is 19.1 Å². The highest BCUT2D eigenvalue weighted by Crippen LogP contribution is 2.37. The molecule has 0 spiro atoms. The molecule has 0 aliphatic carbocycles. The molecule has 0 heterocycles. The number of nitrogens with one attached hydrogen (secondary N) is 1. The van der Waals surface area contributed by atoms with E-state index in [1.165, 1.54) is 11.6 Å². The molecule has 116 valence electrons. The maximum Gasteiger partial charge on any atom is 0.300 e. The van der Waals surface area contributed by atoms with Crippen LogP contribution in [0.25, 0.3) is 0 Å². The molecule has 1 rings (SSSR count). The van der Waals surface area contributed by atoms with Gasteiger partial charge in [-0.25, -0.2) is 0 Å². The molecule has 0 radical (unpaired) electrons. The molecule has 0 aliphatic rings. The van der Waals surface area contributed by atoms with Crippen LogP contribution in [0, 0.1) is 0 Å². The predicted molar refractivity (Wildman–Crippen MR) is 88.1 cm³/mol. The van der Waals surface area contributed by atoms with Crippen LogP contribution in [0.2, 0.25) is 0 Å². The van der Waals surface area contributed by atoms with Gasteiger partial charge in [-0.05, 0) is 37.1 Å². The number of nitrogens with zero attached hydrogens (tertiary/aromatic N) is 1. The van der Waals surface area contributed by atoms with E-state index in [2.05, 4.69) is 5.32 Å². The summed E-state index contributed by atoms with van der Waals surface area (Å²) in [7, 11) is -3.38. The van der Waals surface area contributed by atoms with Crippen LogP contribution >= 0.6 is 7.59 Å². The zero-order chi connectivity index (χ0) is 15.9. The lowest BCUT2D eigenvalue weighted by atomic mass is 10.2. The SMILES string of the molecule is CCC=CCCN(c1ccc(NC(C)=O)cc1)P(N)(N)=O. The number of amides is 1. The first-order valence-corrected chi connectivity index (χ1v) is 8.62. The lowest BCUT2D eigenvalue weighted by Gasteiger charge is -2.27. The fourth-order valence-electron chi connectivity index (χ4n) is 1.87. The second kappa shape index (κ2) is 7.98. The van der Waals surface area contributed by atoms with Crippen LogP contribution in [-0.2, 0) is 9.36 Å². The smallest absolute Gasteiger partial charge is 0.300 e. The monoisotopic (exact) mass is 310 g/mol. The highest BCUT2D eigenvalue weighted by atomic mass is 31.2. The van der Waals surface area contributed by atoms with Gasteiger partial charge in [0.25, 0.3) is 0 Å². The molecule has 1 aromatic rings. The van der Waals surface area contributed by atoms with Crippen molar-refractivity contribution in [3.63, 3.8) is 0 Å². The molecule has 21 heavy (non-hydrogen) atoms. The van der Waals surface area contributed by atoms with Crippen LogP contribution in [0.5, 0.6) is 0 Å². The van der Waals surface area contributed by atoms with Crippen molar-refractivity contribution in [3.8, 4) is 0 Å². The molecule has 0 saturated carbocycles. The van der Waals surface area contributed by atoms with Gasteiger partial charge in [-0.2, -0.15) is 0 Å². The van der Waals surface area contributed by atoms with Crippen LogP contribution in [0.1, 0.15) is 26.7 Å². The number of nitrogens with two attached hydrogens (primary N) is 2. The van der Waals surface area contributed by atoms with E-state index in [9.17, 15) is 9.36 Å². The Morgan fingerprint density at radius 2 is 1.90 bits per heavy atom. The van der Waals surface area contributed by atoms with Crippen LogP contribution in [0.15, 0.2) is 36.4 Å². The molecular formula is C14H23N4O2P. The topological polar surface area (TPSA) is 101 Å². The molecule has 1 aromatic carbocycles. The van der Waals surface area contributed by atoms with Crippen LogP contribution in [-0.4, -0.2) is 12.5 Å². The Morgan fingerprint density at radius 1 is 1.29 bits per heavy atom. The van der Waals surface area contributed by atoms with Crippen molar-refractivity contribution in [3.05, 3.63) is 36.4 Å². The third kappa shape index (κ3) is 6.12. The van der Waals surface area contributed by atoms with E-state index in [1.54, 1.807) is 24.3 Å². The Hall–Kier alpha value is -1.62. The predicted octanol–water partition coefficient (Wildman–Crippen LogP) is 2.83. The van der Waals surface area contributed by atoms with Gasteiger partial charge in [0.2, 0.25) is 5.91 Å². The number of carbonyl (C=O) groups excluding carboxylic acids is 1. The summed E-state index contributed by atoms with van der Waals surface area (Å²) in [4.78, 5) is 11.0. The Balaban J connectivity index is 2.86. The molecule has 0 bridgehead atoms. The van der Waals surface area contributed by atoms with Crippen molar-refractivity contribution in [2.24, 2.45) is 11.0 Å². The number of allylic oxidation sites excluding steroid dienone is 1. The standard InChI is InChI=1S/C14H23N4O2P/c1-3-4-5-6-11-18(21(15,16)20)14-9-7-13(8-10-14)17-12(2)19/h4-5,7-10H,3,6,11H2,1-2H3,(H,17,19)(H4,15,16,20). The minimum Gasteiger partial charge on any atom is -0.326 e. The maximum atomic E-state index is 12.0. The van der Waals surface area contributed by atoms with E-state index in [-0.39, 0.29) is 5.91 Å². The van der Waals surface area contributed by atoms with Crippen molar-refractivity contribution < 1.29 is 9.36 Å². The molecular weight excluding hydrogens is 287 g/mol. The summed E-state index contributed by atoms with van der Waals surface area (Å²) in [6.45, 7) is 3.96. The molecule has 0 saturated heterocycles. The second-order valence-electron chi connectivity index (χ2n) is 4.69. The van der Waals surface area contributed by atoms with E-state index >= 15 is 0 Å². The first-order valence-electron chi connectivity index (χ1n) is 6.82. The van der Waals surface area contributed by atoms with Gasteiger partial charge >= 0.3 is 7.59 Å². The van der Waals surface area contributed by atoms with Gasteiger partial charge in [-0.3, -0.25) is 25.0 Å². The van der Waals surface area contributed by atoms with Crippen molar-refractivity contribution >= 4 is 24.9 Å². The zero-order valence-electron chi connectivity index (χ0n) is 12.5. The fraction of sp³-hybridized carbons (Fsp3) is 0.357. The molecule has 0 atom stereocenters. The summed E-state index contributed by atoms with van der Waals surface area (Å²) in [6, 6.07) is 6.92. The number of anilines is 2. The van der Waals surface area contributed by atoms with E-state index in [0.29, 0.717) is 24.3 Å². The summed E-state index contributed by atoms with van der Waals surface area (Å²) in [5.74, 6) is -0.146. The third-order valence-corrected chi connectivity index (χ3v) is 3.96. The van der Waals surface area contributed by atoms with Crippen molar-refractivity contribution in [2.45, 2.75) is 26.7 Å². The number of benzene rings is 1. The van der Waals surface area contributed by atoms with Gasteiger partial charge in [0, 0.05) is 24.8 Å². The Labute approximate surface area is 125 Å². The quantitative estimate of drug-likeness (QED) is 0.531. The lowest BCUT2D eigenvalue weighted by molar-refractivity contribution is -0.114. The summed E-state index contributed by atoms with van der Waals surface area (Å²) in [5.41, 5.74) is 12.6. The zero-order valence-corrected chi connectivity index (χ0v) is 13.3. The highest BCUT2D eigenvalue weighted by molar-refractivity contribution is 7.60. The van der Waals surface area contributed by atoms with E-state index in [0.717, 1.165) is 6.42 Å². The minimum absolute atomic E-state index is 0.146. The third-order valence-electron chi connectivity index (χ3n) is 2.77. The Morgan fingerprint density at radius 3 is 2.38 bits per heavy atom. The number of rotatable bonds is 7. The largest absolute Gasteiger partial charge is 0.326 e. The number of hydrogen-bond acceptors (Lipinski definition) is 2. The van der Waals surface area contributed by atoms with E-state index in [4.69, 9.17) is 11.0 Å². The summed E-state index contributed by atoms with van der Waals surface area (Å²) in [5, 5.41) is 2.67. The maximum absolute atomic E-state index is 12.0. The van der Waals surface area contributed by atoms with Gasteiger partial charge in [-0.15, -0.1) is 0 Å². The average molecular weight is 310 g/mol. The van der Waals surface area contributed by atoms with Crippen LogP contribution < -0.4 is 21.0 Å². The van der Waals surface area contributed by atoms with Crippen molar-refractivity contribution in [1.29, 1.82) is 0 Å². The molecule has 6 nitrogen and oxygen atoms in total. The number of hydrogen-bond donors (Lipinski definition) is 3. The Bertz CT molecular complexity index is 536. The summed E-state index contributed by atoms with van der Waals surface area (Å²) < 4.78 is 13.5. The molecule has 0 fully saturated rings. The Kier molecular flexibility index (Phi) is 6.62. The van der Waals surface area contributed by atoms with Gasteiger partial charge in [0.1, 0.15) is 0 Å². The van der Waals surface area contributed by atoms with Crippen LogP contribution in [0.4, 0.5) is 11.4 Å². The van der Waals surface area contributed by atoms with Gasteiger partial charge in [0.15, 0.2) is 0 Å². The van der Waals surface area contributed by atoms with Gasteiger partial charge in [-0.1, -0.05) is 19.1 Å². The summed E-state index contributed by atoms with van der Waals surface area (Å²) >= 11 is 0. The lowest BCUT2D eigenvalue weighted by Crippen LogP contribution is -2.29.